The van der Waals surface area contributed by atoms with Crippen LogP contribution in [-0.4, -0.2) is 85.7 Å². The molecule has 4 atom stereocenters. The van der Waals surface area contributed by atoms with Gasteiger partial charge in [0.15, 0.2) is 0 Å². The molecule has 3 heterocycles. The molecule has 2 unspecified atom stereocenters. The Kier molecular flexibility index (Phi) is 15.2. The number of carbonyl (C=O) groups is 3. The molecule has 2 fully saturated rings. The van der Waals surface area contributed by atoms with E-state index in [1.807, 2.05) is 49.4 Å². The number of likely N-dealkylation sites (N-methyl/N-ethyl adjacent to an activating group) is 1. The first-order valence-electron chi connectivity index (χ1n) is 18.3. The van der Waals surface area contributed by atoms with Crippen LogP contribution >= 0.6 is 23.4 Å². The van der Waals surface area contributed by atoms with Crippen molar-refractivity contribution in [3.8, 4) is 0 Å². The van der Waals surface area contributed by atoms with E-state index < -0.39 is 12.1 Å². The minimum Gasteiger partial charge on any atom is -0.374 e. The summed E-state index contributed by atoms with van der Waals surface area (Å²) < 4.78 is 5.80. The van der Waals surface area contributed by atoms with Crippen molar-refractivity contribution >= 4 is 53.0 Å². The number of nitrogens with two attached hydrogens (primary N) is 2. The zero-order valence-electron chi connectivity index (χ0n) is 30.5. The Bertz CT molecular complexity index is 1700. The van der Waals surface area contributed by atoms with Crippen LogP contribution in [0.3, 0.4) is 0 Å². The van der Waals surface area contributed by atoms with Crippen molar-refractivity contribution in [2.45, 2.75) is 92.7 Å². The maximum absolute atomic E-state index is 13.9. The highest BCUT2D eigenvalue weighted by Crippen LogP contribution is 2.41. The molecular formula is C38H52ClN9O4S. The summed E-state index contributed by atoms with van der Waals surface area (Å²) in [5.41, 5.74) is 19.3. The third-order valence-corrected chi connectivity index (χ3v) is 11.3. The molecule has 0 spiro atoms. The van der Waals surface area contributed by atoms with Gasteiger partial charge < -0.3 is 37.1 Å². The Labute approximate surface area is 321 Å². The summed E-state index contributed by atoms with van der Waals surface area (Å²) >= 11 is 8.39. The van der Waals surface area contributed by atoms with Crippen LogP contribution in [-0.2, 0) is 32.2 Å². The van der Waals surface area contributed by atoms with E-state index in [0.29, 0.717) is 81.0 Å². The maximum Gasteiger partial charge on any atom is 0.263 e. The van der Waals surface area contributed by atoms with E-state index in [-0.39, 0.29) is 17.9 Å². The van der Waals surface area contributed by atoms with Crippen LogP contribution in [0.1, 0.15) is 55.2 Å². The third-order valence-electron chi connectivity index (χ3n) is 9.64. The average Bonchev–Trinajstić information content (AvgIpc) is 3.80. The van der Waals surface area contributed by atoms with Crippen molar-refractivity contribution in [3.63, 3.8) is 0 Å². The highest BCUT2D eigenvalue weighted by Gasteiger charge is 2.39. The van der Waals surface area contributed by atoms with Crippen LogP contribution in [0.15, 0.2) is 64.6 Å². The molecule has 3 aromatic rings. The van der Waals surface area contributed by atoms with Crippen molar-refractivity contribution in [1.82, 2.24) is 25.9 Å². The number of anilines is 2. The van der Waals surface area contributed by atoms with Gasteiger partial charge in [0.1, 0.15) is 11.1 Å². The van der Waals surface area contributed by atoms with Gasteiger partial charge in [0.2, 0.25) is 12.3 Å². The van der Waals surface area contributed by atoms with E-state index in [4.69, 9.17) is 27.8 Å². The molecule has 13 nitrogen and oxygen atoms in total. The zero-order valence-corrected chi connectivity index (χ0v) is 32.1. The minimum absolute atomic E-state index is 0.230. The number of hydrogen-bond donors (Lipinski definition) is 6. The quantitative estimate of drug-likeness (QED) is 0.0529. The molecule has 286 valence electrons. The smallest absolute Gasteiger partial charge is 0.263 e. The van der Waals surface area contributed by atoms with Gasteiger partial charge in [-0.2, -0.15) is 0 Å². The number of hydrazine groups is 1. The number of halogens is 1. The summed E-state index contributed by atoms with van der Waals surface area (Å²) in [6, 6.07) is 14.5. The van der Waals surface area contributed by atoms with E-state index in [0.717, 1.165) is 52.3 Å². The number of ether oxygens (including phenoxy) is 1. The van der Waals surface area contributed by atoms with Crippen molar-refractivity contribution < 1.29 is 19.1 Å². The summed E-state index contributed by atoms with van der Waals surface area (Å²) in [5, 5.41) is 12.0. The molecule has 53 heavy (non-hydrogen) atoms. The second kappa shape index (κ2) is 20.0. The molecule has 8 N–H and O–H groups in total. The second-order valence-corrected chi connectivity index (χ2v) is 14.9. The molecule has 0 radical (unpaired) electrons. The first-order valence-corrected chi connectivity index (χ1v) is 19.4. The highest BCUT2D eigenvalue weighted by molar-refractivity contribution is 7.99. The van der Waals surface area contributed by atoms with Crippen molar-refractivity contribution in [3.05, 3.63) is 76.4 Å². The number of unbranched alkanes of at least 4 members (excludes halogenated alkanes) is 1. The Hall–Kier alpha value is -3.92. The van der Waals surface area contributed by atoms with Crippen molar-refractivity contribution in [2.75, 3.05) is 43.6 Å². The topological polar surface area (TPSA) is 180 Å². The van der Waals surface area contributed by atoms with Gasteiger partial charge in [-0.1, -0.05) is 47.6 Å². The van der Waals surface area contributed by atoms with Gasteiger partial charge in [-0.15, -0.1) is 0 Å². The van der Waals surface area contributed by atoms with Crippen molar-refractivity contribution in [2.24, 2.45) is 11.5 Å². The highest BCUT2D eigenvalue weighted by atomic mass is 35.5. The summed E-state index contributed by atoms with van der Waals surface area (Å²) in [4.78, 5) is 46.7. The average molecular weight is 766 g/mol. The number of amides is 3. The van der Waals surface area contributed by atoms with E-state index in [1.165, 1.54) is 16.8 Å². The first kappa shape index (κ1) is 40.3. The van der Waals surface area contributed by atoms with Crippen LogP contribution in [0.4, 0.5) is 11.4 Å². The molecule has 5 rings (SSSR count). The van der Waals surface area contributed by atoms with Crippen LogP contribution in [0.2, 0.25) is 5.02 Å². The summed E-state index contributed by atoms with van der Waals surface area (Å²) in [6.45, 7) is 5.02. The molecule has 0 aliphatic carbocycles. The Morgan fingerprint density at radius 1 is 1.08 bits per heavy atom. The molecule has 1 aromatic heterocycles. The fraction of sp³-hybridized carbons (Fsp3) is 0.474. The predicted octanol–water partition coefficient (Wildman–Crippen LogP) is 3.71. The number of nitrogens with one attached hydrogen (secondary N) is 4. The minimum atomic E-state index is -0.756. The lowest BCUT2D eigenvalue weighted by Gasteiger charge is -2.30. The number of rotatable bonds is 21. The third kappa shape index (κ3) is 10.8. The number of fused-ring (bicyclic) bond motifs is 2. The Balaban J connectivity index is 1.30. The monoisotopic (exact) mass is 765 g/mol. The van der Waals surface area contributed by atoms with E-state index in [2.05, 4.69) is 37.3 Å². The fourth-order valence-electron chi connectivity index (χ4n) is 6.73. The van der Waals surface area contributed by atoms with Gasteiger partial charge in [0, 0.05) is 43.5 Å². The van der Waals surface area contributed by atoms with Gasteiger partial charge in [-0.25, -0.2) is 4.98 Å². The molecule has 2 saturated heterocycles. The number of pyridine rings is 1. The Morgan fingerprint density at radius 3 is 2.58 bits per heavy atom. The number of morpholine rings is 1. The van der Waals surface area contributed by atoms with Crippen molar-refractivity contribution in [1.29, 1.82) is 0 Å². The van der Waals surface area contributed by atoms with Crippen LogP contribution in [0, 0.1) is 6.92 Å². The van der Waals surface area contributed by atoms with Gasteiger partial charge in [0.25, 0.3) is 5.91 Å². The largest absolute Gasteiger partial charge is 0.374 e. The molecule has 2 aromatic carbocycles. The standard InChI is InChI=1S/C38H52ClN9O4S/c1-25-9-3-4-11-32(25)46-47(2)38(51)34(12-5-6-14-40)45-36(50)33(13-7-15-41)44-21-26-10-8-16-43-37(26)53-35-27(20-42-24-49)17-28(19-31(35)39)48-22-30-18-29(48)23-52-30/h3-4,8-11,16-17,19,24,29-30,33-34,44,46H,5-7,12-15,18,20-23,40-41H2,1-2H3,(H,42,49)(H,45,50)/t29?,30?,33-,34-/m0/s1. The lowest BCUT2D eigenvalue weighted by molar-refractivity contribution is -0.135. The summed E-state index contributed by atoms with van der Waals surface area (Å²) in [5.74, 6) is -0.538. The number of aryl methyl sites for hydroxylation is 1. The maximum atomic E-state index is 13.9. The van der Waals surface area contributed by atoms with Crippen LogP contribution in [0.5, 0.6) is 0 Å². The Morgan fingerprint density at radius 2 is 1.87 bits per heavy atom. The number of para-hydroxylation sites is 1. The SMILES string of the molecule is Cc1ccccc1NN(C)C(=O)[C@H](CCCCN)NC(=O)[C@H](CCCN)NCc1cccnc1Sc1c(Cl)cc(N2CC3CC2CO3)cc1CNC=O. The second-order valence-electron chi connectivity index (χ2n) is 13.5. The number of hydrogen-bond acceptors (Lipinski definition) is 11. The van der Waals surface area contributed by atoms with E-state index in [9.17, 15) is 14.4 Å². The molecule has 0 saturated carbocycles. The molecule has 15 heteroatoms. The fourth-order valence-corrected chi connectivity index (χ4v) is 8.08. The first-order chi connectivity index (χ1) is 25.7. The number of carbonyl (C=O) groups excluding carboxylic acids is 3. The predicted molar refractivity (Wildman–Crippen MR) is 210 cm³/mol. The van der Waals surface area contributed by atoms with E-state index >= 15 is 0 Å². The molecule has 2 bridgehead atoms. The van der Waals surface area contributed by atoms with Crippen LogP contribution in [0.25, 0.3) is 0 Å². The van der Waals surface area contributed by atoms with Gasteiger partial charge in [-0.05, 0) is 99.5 Å². The lowest BCUT2D eigenvalue weighted by Crippen LogP contribution is -2.53. The van der Waals surface area contributed by atoms with Gasteiger partial charge in [0.05, 0.1) is 35.5 Å². The summed E-state index contributed by atoms with van der Waals surface area (Å²) in [6.07, 6.45) is 6.58. The van der Waals surface area contributed by atoms with Gasteiger partial charge >= 0.3 is 0 Å². The molecule has 2 aliphatic heterocycles. The lowest BCUT2D eigenvalue weighted by atomic mass is 10.1. The molecule has 2 aliphatic rings. The number of nitrogens with zero attached hydrogens (tertiary/aromatic N) is 3. The molecule has 3 amide bonds. The normalized spacial score (nSPS) is 17.3. The molecular weight excluding hydrogens is 714 g/mol. The van der Waals surface area contributed by atoms with E-state index in [1.54, 1.807) is 13.2 Å². The number of benzene rings is 2. The van der Waals surface area contributed by atoms with Gasteiger partial charge in [-0.3, -0.25) is 24.8 Å². The number of aromatic nitrogens is 1. The summed E-state index contributed by atoms with van der Waals surface area (Å²) in [7, 11) is 1.66. The zero-order chi connectivity index (χ0) is 37.7. The van der Waals surface area contributed by atoms with Crippen LogP contribution < -0.4 is 37.7 Å².